The molecule has 4 rings (SSSR count). The van der Waals surface area contributed by atoms with Gasteiger partial charge in [-0.2, -0.15) is 0 Å². The van der Waals surface area contributed by atoms with E-state index in [-0.39, 0.29) is 17.3 Å². The molecule has 0 amide bonds. The third-order valence-corrected chi connectivity index (χ3v) is 4.45. The topological polar surface area (TPSA) is 96.4 Å². The van der Waals surface area contributed by atoms with E-state index >= 15 is 0 Å². The first kappa shape index (κ1) is 13.9. The Hall–Kier alpha value is -2.70. The molecular formula is C16H17N5O2. The van der Waals surface area contributed by atoms with Gasteiger partial charge in [0.15, 0.2) is 11.3 Å². The second-order valence-corrected chi connectivity index (χ2v) is 5.96. The summed E-state index contributed by atoms with van der Waals surface area (Å²) >= 11 is 0. The van der Waals surface area contributed by atoms with Crippen molar-refractivity contribution in [2.24, 2.45) is 0 Å². The lowest BCUT2D eigenvalue weighted by molar-refractivity contribution is 0.352. The summed E-state index contributed by atoms with van der Waals surface area (Å²) in [6.07, 6.45) is 8.78. The van der Waals surface area contributed by atoms with Crippen LogP contribution >= 0.6 is 0 Å². The van der Waals surface area contributed by atoms with E-state index in [1.807, 2.05) is 0 Å². The fraction of sp³-hybridized carbons (Fsp3) is 0.375. The molecule has 0 aliphatic heterocycles. The van der Waals surface area contributed by atoms with E-state index in [0.717, 1.165) is 31.2 Å². The third-order valence-electron chi connectivity index (χ3n) is 4.45. The zero-order chi connectivity index (χ0) is 15.8. The van der Waals surface area contributed by atoms with E-state index in [1.54, 1.807) is 23.0 Å². The van der Waals surface area contributed by atoms with E-state index in [1.165, 1.54) is 12.5 Å². The van der Waals surface area contributed by atoms with Crippen LogP contribution in [0.5, 0.6) is 0 Å². The molecule has 0 aromatic carbocycles. The molecule has 1 aliphatic rings. The lowest BCUT2D eigenvalue weighted by Gasteiger charge is -2.22. The highest BCUT2D eigenvalue weighted by Gasteiger charge is 2.21. The zero-order valence-corrected chi connectivity index (χ0v) is 12.6. The monoisotopic (exact) mass is 311 g/mol. The van der Waals surface area contributed by atoms with E-state index in [4.69, 9.17) is 0 Å². The van der Waals surface area contributed by atoms with Crippen LogP contribution in [0.4, 0.5) is 0 Å². The Bertz CT molecular complexity index is 942. The molecule has 0 bridgehead atoms. The number of rotatable bonds is 2. The SMILES string of the molecule is O=c1ccc(-c2cnc3c(n2)[nH]c(=O)n3C2CCCCC2)c[nH]1. The van der Waals surface area contributed by atoms with E-state index in [2.05, 4.69) is 19.9 Å². The van der Waals surface area contributed by atoms with Crippen molar-refractivity contribution in [2.75, 3.05) is 0 Å². The molecule has 0 atom stereocenters. The van der Waals surface area contributed by atoms with Crippen molar-refractivity contribution in [2.45, 2.75) is 38.1 Å². The van der Waals surface area contributed by atoms with Gasteiger partial charge < -0.3 is 4.98 Å². The number of imidazole rings is 1. The molecule has 0 radical (unpaired) electrons. The van der Waals surface area contributed by atoms with Gasteiger partial charge in [0.2, 0.25) is 5.56 Å². The predicted octanol–water partition coefficient (Wildman–Crippen LogP) is 1.98. The number of pyridine rings is 1. The number of nitrogens with one attached hydrogen (secondary N) is 2. The van der Waals surface area contributed by atoms with Gasteiger partial charge in [-0.1, -0.05) is 19.3 Å². The van der Waals surface area contributed by atoms with Gasteiger partial charge in [-0.15, -0.1) is 0 Å². The van der Waals surface area contributed by atoms with E-state index in [9.17, 15) is 9.59 Å². The molecule has 23 heavy (non-hydrogen) atoms. The van der Waals surface area contributed by atoms with Gasteiger partial charge in [0.1, 0.15) is 0 Å². The summed E-state index contributed by atoms with van der Waals surface area (Å²) in [5, 5.41) is 0. The van der Waals surface area contributed by atoms with Crippen molar-refractivity contribution in [1.29, 1.82) is 0 Å². The standard InChI is InChI=1S/C16H17N5O2/c22-13-7-6-10(8-17-13)12-9-18-15-14(19-12)20-16(23)21(15)11-4-2-1-3-5-11/h6-9,11H,1-5H2,(H,17,22)(H,19,20,23). The lowest BCUT2D eigenvalue weighted by atomic mass is 9.95. The second kappa shape index (κ2) is 5.49. The first-order valence-corrected chi connectivity index (χ1v) is 7.89. The summed E-state index contributed by atoms with van der Waals surface area (Å²) in [5.74, 6) is 0. The van der Waals surface area contributed by atoms with Crippen molar-refractivity contribution in [3.8, 4) is 11.3 Å². The van der Waals surface area contributed by atoms with Gasteiger partial charge >= 0.3 is 5.69 Å². The molecule has 118 valence electrons. The average Bonchev–Trinajstić information content (AvgIpc) is 2.91. The molecule has 3 aromatic rings. The average molecular weight is 311 g/mol. The zero-order valence-electron chi connectivity index (χ0n) is 12.6. The first-order chi connectivity index (χ1) is 11.2. The third kappa shape index (κ3) is 2.48. The Balaban J connectivity index is 1.80. The van der Waals surface area contributed by atoms with Crippen LogP contribution in [0.15, 0.2) is 34.1 Å². The molecule has 3 aromatic heterocycles. The largest absolute Gasteiger partial charge is 0.329 e. The normalized spacial score (nSPS) is 16.0. The molecule has 2 N–H and O–H groups in total. The van der Waals surface area contributed by atoms with Crippen LogP contribution in [-0.4, -0.2) is 24.5 Å². The second-order valence-electron chi connectivity index (χ2n) is 5.96. The molecule has 3 heterocycles. The summed E-state index contributed by atoms with van der Waals surface area (Å²) in [7, 11) is 0. The predicted molar refractivity (Wildman–Crippen MR) is 86.3 cm³/mol. The fourth-order valence-electron chi connectivity index (χ4n) is 3.29. The Morgan fingerprint density at radius 1 is 1.13 bits per heavy atom. The Morgan fingerprint density at radius 3 is 2.70 bits per heavy atom. The van der Waals surface area contributed by atoms with Crippen LogP contribution in [0.25, 0.3) is 22.6 Å². The quantitative estimate of drug-likeness (QED) is 0.756. The summed E-state index contributed by atoms with van der Waals surface area (Å²) in [6, 6.07) is 3.33. The maximum absolute atomic E-state index is 12.3. The minimum Gasteiger partial charge on any atom is -0.328 e. The summed E-state index contributed by atoms with van der Waals surface area (Å²) in [6.45, 7) is 0. The van der Waals surface area contributed by atoms with Crippen LogP contribution in [0.1, 0.15) is 38.1 Å². The van der Waals surface area contributed by atoms with Gasteiger partial charge in [-0.05, 0) is 18.9 Å². The maximum Gasteiger partial charge on any atom is 0.329 e. The Morgan fingerprint density at radius 2 is 1.96 bits per heavy atom. The van der Waals surface area contributed by atoms with Crippen molar-refractivity contribution in [3.05, 3.63) is 45.4 Å². The molecule has 0 spiro atoms. The molecule has 7 heteroatoms. The van der Waals surface area contributed by atoms with Crippen LogP contribution in [-0.2, 0) is 0 Å². The van der Waals surface area contributed by atoms with Gasteiger partial charge in [-0.3, -0.25) is 14.3 Å². The van der Waals surface area contributed by atoms with Crippen LogP contribution in [0.3, 0.4) is 0 Å². The number of fused-ring (bicyclic) bond motifs is 1. The van der Waals surface area contributed by atoms with Crippen molar-refractivity contribution in [3.63, 3.8) is 0 Å². The highest BCUT2D eigenvalue weighted by molar-refractivity contribution is 5.70. The Labute approximate surface area is 131 Å². The highest BCUT2D eigenvalue weighted by atomic mass is 16.1. The van der Waals surface area contributed by atoms with E-state index in [0.29, 0.717) is 17.0 Å². The summed E-state index contributed by atoms with van der Waals surface area (Å²) in [5.41, 5.74) is 2.15. The minimum absolute atomic E-state index is 0.148. The van der Waals surface area contributed by atoms with Crippen molar-refractivity contribution in [1.82, 2.24) is 24.5 Å². The lowest BCUT2D eigenvalue weighted by Crippen LogP contribution is -2.24. The minimum atomic E-state index is -0.167. The fourth-order valence-corrected chi connectivity index (χ4v) is 3.29. The van der Waals surface area contributed by atoms with Crippen LogP contribution in [0, 0.1) is 0 Å². The number of nitrogens with zero attached hydrogens (tertiary/aromatic N) is 3. The molecule has 1 fully saturated rings. The molecule has 1 saturated carbocycles. The van der Waals surface area contributed by atoms with Gasteiger partial charge in [-0.25, -0.2) is 14.8 Å². The Kier molecular flexibility index (Phi) is 3.33. The van der Waals surface area contributed by atoms with Crippen LogP contribution in [0.2, 0.25) is 0 Å². The molecule has 0 unspecified atom stereocenters. The molecular weight excluding hydrogens is 294 g/mol. The number of aromatic nitrogens is 5. The first-order valence-electron chi connectivity index (χ1n) is 7.89. The number of aromatic amines is 2. The van der Waals surface area contributed by atoms with Crippen LogP contribution < -0.4 is 11.2 Å². The highest BCUT2D eigenvalue weighted by Crippen LogP contribution is 2.28. The maximum atomic E-state index is 12.3. The smallest absolute Gasteiger partial charge is 0.328 e. The molecule has 7 nitrogen and oxygen atoms in total. The van der Waals surface area contributed by atoms with Crippen molar-refractivity contribution >= 4 is 11.3 Å². The van der Waals surface area contributed by atoms with E-state index < -0.39 is 0 Å². The van der Waals surface area contributed by atoms with Gasteiger partial charge in [0.05, 0.1) is 11.9 Å². The van der Waals surface area contributed by atoms with Gasteiger partial charge in [0, 0.05) is 23.9 Å². The molecule has 0 saturated heterocycles. The molecule has 1 aliphatic carbocycles. The number of H-pyrrole nitrogens is 2. The van der Waals surface area contributed by atoms with Crippen molar-refractivity contribution < 1.29 is 0 Å². The number of hydrogen-bond acceptors (Lipinski definition) is 4. The van der Waals surface area contributed by atoms with Gasteiger partial charge in [0.25, 0.3) is 0 Å². The summed E-state index contributed by atoms with van der Waals surface area (Å²) < 4.78 is 1.75. The summed E-state index contributed by atoms with van der Waals surface area (Å²) in [4.78, 5) is 37.8. The number of hydrogen-bond donors (Lipinski definition) is 2.